The highest BCUT2D eigenvalue weighted by Crippen LogP contribution is 2.49. The normalized spacial score (nSPS) is 41.2. The number of hydrogen-bond acceptors (Lipinski definition) is 3. The molecular weight excluding hydrogens is 248 g/mol. The van der Waals surface area contributed by atoms with Crippen LogP contribution in [-0.2, 0) is 4.79 Å². The Morgan fingerprint density at radius 2 is 1.65 bits per heavy atom. The Bertz CT molecular complexity index is 416. The second-order valence-corrected chi connectivity index (χ2v) is 9.08. The number of fused-ring (bicyclic) bond motifs is 5. The van der Waals surface area contributed by atoms with E-state index >= 15 is 0 Å². The van der Waals surface area contributed by atoms with Crippen molar-refractivity contribution in [3.05, 3.63) is 0 Å². The lowest BCUT2D eigenvalue weighted by Gasteiger charge is -2.40. The van der Waals surface area contributed by atoms with Gasteiger partial charge in [-0.3, -0.25) is 9.69 Å². The molecule has 20 heavy (non-hydrogen) atoms. The summed E-state index contributed by atoms with van der Waals surface area (Å²) in [6.45, 7) is 14.1. The summed E-state index contributed by atoms with van der Waals surface area (Å²) in [5.74, 6) is 1.67. The smallest absolute Gasteiger partial charge is 0.155 e. The highest BCUT2D eigenvalue weighted by Gasteiger charge is 2.60. The molecule has 5 unspecified atom stereocenters. The minimum absolute atomic E-state index is 0.0787. The highest BCUT2D eigenvalue weighted by molar-refractivity contribution is 5.89. The van der Waals surface area contributed by atoms with Gasteiger partial charge in [0.05, 0.1) is 6.04 Å². The molecule has 0 amide bonds. The largest absolute Gasteiger partial charge is 0.311 e. The van der Waals surface area contributed by atoms with Crippen molar-refractivity contribution in [2.45, 2.75) is 78.0 Å². The Balaban J connectivity index is 1.95. The minimum Gasteiger partial charge on any atom is -0.311 e. The first kappa shape index (κ1) is 14.5. The summed E-state index contributed by atoms with van der Waals surface area (Å²) in [5, 5.41) is 3.76. The Hall–Kier alpha value is -0.410. The van der Waals surface area contributed by atoms with Gasteiger partial charge in [-0.15, -0.1) is 0 Å². The van der Waals surface area contributed by atoms with E-state index in [1.54, 1.807) is 0 Å². The molecule has 3 aliphatic rings. The summed E-state index contributed by atoms with van der Waals surface area (Å²) >= 11 is 0. The summed E-state index contributed by atoms with van der Waals surface area (Å²) in [5.41, 5.74) is -0.166. The second kappa shape index (κ2) is 4.30. The number of carbonyl (C=O) groups excluding carboxylic acids is 1. The van der Waals surface area contributed by atoms with Crippen LogP contribution in [-0.4, -0.2) is 40.9 Å². The van der Waals surface area contributed by atoms with E-state index in [-0.39, 0.29) is 17.0 Å². The first-order chi connectivity index (χ1) is 9.10. The van der Waals surface area contributed by atoms with Gasteiger partial charge in [0, 0.05) is 35.5 Å². The molecule has 0 aromatic heterocycles. The molecule has 5 atom stereocenters. The molecule has 3 rings (SSSR count). The molecule has 3 saturated heterocycles. The fourth-order valence-corrected chi connectivity index (χ4v) is 4.71. The van der Waals surface area contributed by atoms with Crippen molar-refractivity contribution in [1.82, 2.24) is 10.2 Å². The molecule has 114 valence electrons. The van der Waals surface area contributed by atoms with Crippen LogP contribution in [0.15, 0.2) is 0 Å². The van der Waals surface area contributed by atoms with E-state index in [0.717, 1.165) is 6.54 Å². The lowest BCUT2D eigenvalue weighted by atomic mass is 9.73. The van der Waals surface area contributed by atoms with Crippen LogP contribution < -0.4 is 5.32 Å². The molecule has 0 aliphatic carbocycles. The first-order valence-electron chi connectivity index (χ1n) is 8.18. The maximum atomic E-state index is 13.1. The zero-order valence-corrected chi connectivity index (χ0v) is 13.9. The Labute approximate surface area is 123 Å². The van der Waals surface area contributed by atoms with Crippen LogP contribution in [0, 0.1) is 17.3 Å². The van der Waals surface area contributed by atoms with Gasteiger partial charge in [-0.1, -0.05) is 20.8 Å². The third-order valence-electron chi connectivity index (χ3n) is 5.67. The summed E-state index contributed by atoms with van der Waals surface area (Å²) in [6.07, 6.45) is 2.57. The van der Waals surface area contributed by atoms with Crippen LogP contribution in [0.4, 0.5) is 0 Å². The van der Waals surface area contributed by atoms with E-state index in [1.165, 1.54) is 12.8 Å². The van der Waals surface area contributed by atoms with Gasteiger partial charge in [0.2, 0.25) is 0 Å². The zero-order valence-electron chi connectivity index (χ0n) is 13.9. The maximum absolute atomic E-state index is 13.1. The summed E-state index contributed by atoms with van der Waals surface area (Å²) < 4.78 is 0. The fraction of sp³-hybridized carbons (Fsp3) is 0.941. The lowest BCUT2D eigenvalue weighted by Crippen LogP contribution is -2.54. The van der Waals surface area contributed by atoms with Crippen LogP contribution in [0.25, 0.3) is 0 Å². The van der Waals surface area contributed by atoms with Gasteiger partial charge in [-0.25, -0.2) is 0 Å². The number of hydrogen-bond donors (Lipinski definition) is 1. The van der Waals surface area contributed by atoms with Crippen molar-refractivity contribution in [3.63, 3.8) is 0 Å². The SMILES string of the molecule is CC(C)(C)C(=O)C1C2C3CCC(N3)C2CN1C(C)(C)C. The summed E-state index contributed by atoms with van der Waals surface area (Å²) in [7, 11) is 0. The van der Waals surface area contributed by atoms with Crippen LogP contribution in [0.5, 0.6) is 0 Å². The number of Topliss-reactive ketones (excluding diaryl/α,β-unsaturated/α-hetero) is 1. The van der Waals surface area contributed by atoms with Gasteiger partial charge in [0.15, 0.2) is 5.78 Å². The van der Waals surface area contributed by atoms with Crippen molar-refractivity contribution < 1.29 is 4.79 Å². The maximum Gasteiger partial charge on any atom is 0.155 e. The Morgan fingerprint density at radius 1 is 1.05 bits per heavy atom. The number of rotatable bonds is 1. The Morgan fingerprint density at radius 3 is 2.20 bits per heavy atom. The molecule has 0 spiro atoms. The number of ketones is 1. The molecule has 3 aliphatic heterocycles. The standard InChI is InChI=1S/C17H30N2O/c1-16(2,3)15(20)14-13-10(9-19(14)17(4,5)6)11-7-8-12(13)18-11/h10-14,18H,7-9H2,1-6H3. The number of nitrogens with one attached hydrogen (secondary N) is 1. The number of nitrogens with zero attached hydrogens (tertiary/aromatic N) is 1. The molecule has 0 aromatic carbocycles. The van der Waals surface area contributed by atoms with E-state index in [2.05, 4.69) is 51.8 Å². The first-order valence-corrected chi connectivity index (χ1v) is 8.18. The van der Waals surface area contributed by atoms with E-state index in [0.29, 0.717) is 29.7 Å². The van der Waals surface area contributed by atoms with Crippen molar-refractivity contribution in [2.75, 3.05) is 6.54 Å². The highest BCUT2D eigenvalue weighted by atomic mass is 16.1. The minimum atomic E-state index is -0.245. The third kappa shape index (κ3) is 2.05. The van der Waals surface area contributed by atoms with E-state index in [9.17, 15) is 4.79 Å². The molecule has 3 heterocycles. The van der Waals surface area contributed by atoms with Crippen LogP contribution in [0.2, 0.25) is 0 Å². The average molecular weight is 278 g/mol. The van der Waals surface area contributed by atoms with Gasteiger partial charge < -0.3 is 5.32 Å². The van der Waals surface area contributed by atoms with E-state index in [4.69, 9.17) is 0 Å². The number of carbonyl (C=O) groups is 1. The molecule has 0 aromatic rings. The average Bonchev–Trinajstić information content (AvgIpc) is 2.96. The monoisotopic (exact) mass is 278 g/mol. The quantitative estimate of drug-likeness (QED) is 0.799. The van der Waals surface area contributed by atoms with Gasteiger partial charge in [-0.05, 0) is 39.5 Å². The van der Waals surface area contributed by atoms with Crippen molar-refractivity contribution >= 4 is 5.78 Å². The fourth-order valence-electron chi connectivity index (χ4n) is 4.71. The van der Waals surface area contributed by atoms with Gasteiger partial charge in [-0.2, -0.15) is 0 Å². The third-order valence-corrected chi connectivity index (χ3v) is 5.67. The topological polar surface area (TPSA) is 32.3 Å². The van der Waals surface area contributed by atoms with E-state index in [1.807, 2.05) is 0 Å². The second-order valence-electron chi connectivity index (χ2n) is 9.08. The van der Waals surface area contributed by atoms with Crippen molar-refractivity contribution in [3.8, 4) is 0 Å². The van der Waals surface area contributed by atoms with E-state index < -0.39 is 0 Å². The molecule has 3 fully saturated rings. The molecule has 2 bridgehead atoms. The number of likely N-dealkylation sites (tertiary alicyclic amines) is 1. The zero-order chi connectivity index (χ0) is 14.9. The predicted molar refractivity (Wildman–Crippen MR) is 81.6 cm³/mol. The molecule has 3 nitrogen and oxygen atoms in total. The summed E-state index contributed by atoms with van der Waals surface area (Å²) in [4.78, 5) is 15.6. The molecular formula is C17H30N2O. The van der Waals surface area contributed by atoms with Gasteiger partial charge >= 0.3 is 0 Å². The molecule has 0 saturated carbocycles. The van der Waals surface area contributed by atoms with Crippen LogP contribution >= 0.6 is 0 Å². The van der Waals surface area contributed by atoms with Crippen LogP contribution in [0.3, 0.4) is 0 Å². The lowest BCUT2D eigenvalue weighted by molar-refractivity contribution is -0.134. The molecule has 1 N–H and O–H groups in total. The van der Waals surface area contributed by atoms with Gasteiger partial charge in [0.1, 0.15) is 0 Å². The van der Waals surface area contributed by atoms with Crippen LogP contribution in [0.1, 0.15) is 54.4 Å². The predicted octanol–water partition coefficient (Wildman–Crippen LogP) is 2.45. The van der Waals surface area contributed by atoms with Crippen molar-refractivity contribution in [1.29, 1.82) is 0 Å². The Kier molecular flexibility index (Phi) is 3.12. The molecule has 0 radical (unpaired) electrons. The van der Waals surface area contributed by atoms with Crippen molar-refractivity contribution in [2.24, 2.45) is 17.3 Å². The molecule has 3 heteroatoms. The van der Waals surface area contributed by atoms with Gasteiger partial charge in [0.25, 0.3) is 0 Å². The summed E-state index contributed by atoms with van der Waals surface area (Å²) in [6, 6.07) is 1.35.